The summed E-state index contributed by atoms with van der Waals surface area (Å²) in [6.45, 7) is 4.49. The zero-order valence-corrected chi connectivity index (χ0v) is 32.6. The number of ether oxygens (including phenoxy) is 3. The van der Waals surface area contributed by atoms with E-state index in [0.717, 1.165) is 19.3 Å². The van der Waals surface area contributed by atoms with Gasteiger partial charge in [-0.2, -0.15) is 0 Å². The maximum atomic E-state index is 12.8. The molecule has 12 N–H and O–H groups in total. The van der Waals surface area contributed by atoms with Crippen LogP contribution in [0.1, 0.15) is 111 Å². The Balaban J connectivity index is 1.73. The van der Waals surface area contributed by atoms with Crippen LogP contribution in [0, 0.1) is 5.92 Å². The second-order valence-corrected chi connectivity index (χ2v) is 15.0. The van der Waals surface area contributed by atoms with E-state index in [4.69, 9.17) is 19.9 Å². The number of nitrogens with two attached hydrogens (primary N) is 1. The van der Waals surface area contributed by atoms with E-state index < -0.39 is 98.5 Å². The highest BCUT2D eigenvalue weighted by atomic mass is 16.7. The Labute approximate surface area is 323 Å². The molecule has 0 aromatic rings. The van der Waals surface area contributed by atoms with Crippen LogP contribution in [0.2, 0.25) is 0 Å². The number of aliphatic hydroxyl groups excluding tert-OH is 7. The molecule has 2 heterocycles. The molecule has 0 aromatic carbocycles. The molecule has 2 aliphatic rings. The summed E-state index contributed by atoms with van der Waals surface area (Å²) in [6.07, 6.45) is -5.69. The van der Waals surface area contributed by atoms with Crippen LogP contribution in [-0.2, 0) is 33.4 Å². The first-order chi connectivity index (χ1) is 26.2. The molecule has 18 nitrogen and oxygen atoms in total. The van der Waals surface area contributed by atoms with Crippen LogP contribution in [0.15, 0.2) is 0 Å². The zero-order chi connectivity index (χ0) is 41.1. The van der Waals surface area contributed by atoms with Gasteiger partial charge in [0.25, 0.3) is 0 Å². The molecule has 3 amide bonds. The molecular weight excluding hydrogens is 724 g/mol. The summed E-state index contributed by atoms with van der Waals surface area (Å²) in [6, 6.07) is -1.38. The first kappa shape index (κ1) is 48.8. The molecule has 0 saturated carbocycles. The minimum atomic E-state index is -1.82. The quantitative estimate of drug-likeness (QED) is 0.0438. The summed E-state index contributed by atoms with van der Waals surface area (Å²) >= 11 is 0. The molecule has 12 atom stereocenters. The summed E-state index contributed by atoms with van der Waals surface area (Å²) in [5.41, 5.74) is 6.14. The van der Waals surface area contributed by atoms with Crippen LogP contribution in [0.25, 0.3) is 0 Å². The molecule has 0 aliphatic carbocycles. The van der Waals surface area contributed by atoms with Gasteiger partial charge in [0.15, 0.2) is 18.3 Å². The zero-order valence-electron chi connectivity index (χ0n) is 32.6. The van der Waals surface area contributed by atoms with E-state index in [1.165, 1.54) is 32.1 Å². The van der Waals surface area contributed by atoms with Gasteiger partial charge in [-0.25, -0.2) is 0 Å². The Morgan fingerprint density at radius 3 is 1.93 bits per heavy atom. The highest BCUT2D eigenvalue weighted by Gasteiger charge is 2.50. The van der Waals surface area contributed by atoms with E-state index in [0.29, 0.717) is 25.7 Å². The second-order valence-electron chi connectivity index (χ2n) is 15.0. The third-order valence-corrected chi connectivity index (χ3v) is 10.1. The third-order valence-electron chi connectivity index (χ3n) is 10.1. The van der Waals surface area contributed by atoms with Crippen molar-refractivity contribution in [3.8, 4) is 0 Å². The number of Topliss-reactive ketones (excluding diaryl/α,β-unsaturated/α-hetero) is 1. The van der Waals surface area contributed by atoms with Gasteiger partial charge in [-0.15, -0.1) is 0 Å². The number of rotatable bonds is 26. The summed E-state index contributed by atoms with van der Waals surface area (Å²) in [7, 11) is 0. The number of carbonyl (C=O) groups is 4. The smallest absolute Gasteiger partial charge is 0.237 e. The normalized spacial score (nSPS) is 29.4. The fourth-order valence-electron chi connectivity index (χ4n) is 6.55. The van der Waals surface area contributed by atoms with Crippen molar-refractivity contribution in [3.05, 3.63) is 0 Å². The van der Waals surface area contributed by atoms with Gasteiger partial charge in [-0.3, -0.25) is 19.2 Å². The standard InChI is InChI=1S/C37H68N4O14/c1-4-5-6-7-8-9-10-11-14-22(38)35(52)40-23(28(46)21(2)3)15-12-13-18-39-26(44)16-17-27(45)41-36-32(50)31(49)34(25(20-43)53-36)55-37-33(51)30(48)29(47)24(19-42)54-37/h21-25,29-34,36-37,42-43,47-51H,4-20,38H2,1-3H3,(H,39,44)(H,40,52)(H,41,45)/t22?,23?,24?,25?,29-,30-,31+,32?,33?,34+,36+,37-/m0/s1. The van der Waals surface area contributed by atoms with Crippen LogP contribution in [0.4, 0.5) is 0 Å². The largest absolute Gasteiger partial charge is 0.394 e. The van der Waals surface area contributed by atoms with Crippen molar-refractivity contribution in [1.29, 1.82) is 0 Å². The lowest BCUT2D eigenvalue weighted by Crippen LogP contribution is -2.66. The summed E-state index contributed by atoms with van der Waals surface area (Å²) < 4.78 is 16.3. The molecule has 0 radical (unpaired) electrons. The number of hydrogen-bond acceptors (Lipinski definition) is 15. The van der Waals surface area contributed by atoms with Crippen molar-refractivity contribution in [1.82, 2.24) is 16.0 Å². The molecule has 320 valence electrons. The molecule has 18 heteroatoms. The number of nitrogens with one attached hydrogen (secondary N) is 3. The van der Waals surface area contributed by atoms with Crippen LogP contribution in [-0.4, -0.2) is 152 Å². The van der Waals surface area contributed by atoms with Gasteiger partial charge in [0, 0.05) is 25.3 Å². The van der Waals surface area contributed by atoms with E-state index in [-0.39, 0.29) is 37.0 Å². The Morgan fingerprint density at radius 1 is 0.709 bits per heavy atom. The molecule has 0 spiro atoms. The van der Waals surface area contributed by atoms with Gasteiger partial charge < -0.3 is 71.6 Å². The van der Waals surface area contributed by atoms with Crippen LogP contribution in [0.5, 0.6) is 0 Å². The molecule has 2 aliphatic heterocycles. The maximum absolute atomic E-state index is 12.8. The van der Waals surface area contributed by atoms with Crippen molar-refractivity contribution in [3.63, 3.8) is 0 Å². The summed E-state index contributed by atoms with van der Waals surface area (Å²) in [5, 5.41) is 78.8. The number of carbonyl (C=O) groups excluding carboxylic acids is 4. The highest BCUT2D eigenvalue weighted by molar-refractivity contribution is 5.91. The summed E-state index contributed by atoms with van der Waals surface area (Å²) in [5.74, 6) is -1.87. The highest BCUT2D eigenvalue weighted by Crippen LogP contribution is 2.28. The fourth-order valence-corrected chi connectivity index (χ4v) is 6.55. The van der Waals surface area contributed by atoms with Gasteiger partial charge in [-0.05, 0) is 25.7 Å². The topological polar surface area (TPSA) is 300 Å². The van der Waals surface area contributed by atoms with Crippen molar-refractivity contribution in [2.24, 2.45) is 11.7 Å². The second kappa shape index (κ2) is 25.8. The first-order valence-electron chi connectivity index (χ1n) is 19.9. The van der Waals surface area contributed by atoms with Gasteiger partial charge >= 0.3 is 0 Å². The van der Waals surface area contributed by atoms with E-state index in [1.54, 1.807) is 13.8 Å². The number of ketones is 1. The maximum Gasteiger partial charge on any atom is 0.237 e. The number of amides is 3. The van der Waals surface area contributed by atoms with E-state index in [2.05, 4.69) is 22.9 Å². The van der Waals surface area contributed by atoms with Gasteiger partial charge in [0.05, 0.1) is 25.3 Å². The van der Waals surface area contributed by atoms with Crippen LogP contribution in [0.3, 0.4) is 0 Å². The number of unbranched alkanes of at least 4 members (excludes halogenated alkanes) is 8. The average Bonchev–Trinajstić information content (AvgIpc) is 3.16. The van der Waals surface area contributed by atoms with Crippen LogP contribution >= 0.6 is 0 Å². The van der Waals surface area contributed by atoms with Crippen molar-refractivity contribution < 1.29 is 69.1 Å². The lowest BCUT2D eigenvalue weighted by molar-refractivity contribution is -0.343. The Bertz CT molecular complexity index is 1150. The predicted molar refractivity (Wildman–Crippen MR) is 198 cm³/mol. The molecule has 0 aromatic heterocycles. The van der Waals surface area contributed by atoms with Gasteiger partial charge in [0.2, 0.25) is 17.7 Å². The lowest BCUT2D eigenvalue weighted by Gasteiger charge is -2.46. The summed E-state index contributed by atoms with van der Waals surface area (Å²) in [4.78, 5) is 50.7. The van der Waals surface area contributed by atoms with Crippen molar-refractivity contribution in [2.45, 2.75) is 184 Å². The predicted octanol–water partition coefficient (Wildman–Crippen LogP) is -1.64. The van der Waals surface area contributed by atoms with Crippen molar-refractivity contribution in [2.75, 3.05) is 19.8 Å². The Hall–Kier alpha value is -2.36. The minimum absolute atomic E-state index is 0.0931. The molecular formula is C37H68N4O14. The molecule has 6 unspecified atom stereocenters. The molecule has 0 bridgehead atoms. The van der Waals surface area contributed by atoms with Gasteiger partial charge in [-0.1, -0.05) is 72.1 Å². The van der Waals surface area contributed by atoms with Crippen LogP contribution < -0.4 is 21.7 Å². The Kier molecular flexibility index (Phi) is 22.9. The SMILES string of the molecule is CCCCCCCCCCC(N)C(=O)NC(CCCCNC(=O)CCC(=O)N[C@@H]1OC(CO)[C@@H](O[C@@H]2OC(CO)[C@H](O)[C@H](O)C2O)[C@H](O)C1O)C(=O)C(C)C. The first-order valence-corrected chi connectivity index (χ1v) is 19.9. The minimum Gasteiger partial charge on any atom is -0.394 e. The molecule has 2 rings (SSSR count). The molecule has 2 fully saturated rings. The van der Waals surface area contributed by atoms with E-state index in [1.807, 2.05) is 0 Å². The average molecular weight is 793 g/mol. The monoisotopic (exact) mass is 792 g/mol. The van der Waals surface area contributed by atoms with E-state index >= 15 is 0 Å². The number of hydrogen-bond donors (Lipinski definition) is 11. The van der Waals surface area contributed by atoms with Crippen molar-refractivity contribution >= 4 is 23.5 Å². The lowest BCUT2D eigenvalue weighted by atomic mass is 9.96. The van der Waals surface area contributed by atoms with E-state index in [9.17, 15) is 54.9 Å². The van der Waals surface area contributed by atoms with Gasteiger partial charge in [0.1, 0.15) is 48.8 Å². The molecule has 2 saturated heterocycles. The number of aliphatic hydroxyl groups is 7. The third kappa shape index (κ3) is 16.2. The Morgan fingerprint density at radius 2 is 1.31 bits per heavy atom. The molecule has 55 heavy (non-hydrogen) atoms. The fraction of sp³-hybridized carbons (Fsp3) is 0.892.